The van der Waals surface area contributed by atoms with Crippen LogP contribution in [-0.4, -0.2) is 39.0 Å². The maximum absolute atomic E-state index is 11.4. The maximum atomic E-state index is 11.4. The summed E-state index contributed by atoms with van der Waals surface area (Å²) in [7, 11) is -3.80. The van der Waals surface area contributed by atoms with E-state index in [4.69, 9.17) is 15.9 Å². The van der Waals surface area contributed by atoms with Gasteiger partial charge in [-0.1, -0.05) is 0 Å². The van der Waals surface area contributed by atoms with Gasteiger partial charge in [0.05, 0.1) is 18.1 Å². The number of carboxylic acids is 2. The molecule has 0 aromatic carbocycles. The average Bonchev–Trinajstić information content (AvgIpc) is 2.01. The van der Waals surface area contributed by atoms with Crippen molar-refractivity contribution in [1.82, 2.24) is 0 Å². The van der Waals surface area contributed by atoms with Crippen molar-refractivity contribution in [2.45, 2.75) is 19.1 Å². The van der Waals surface area contributed by atoms with E-state index >= 15 is 0 Å². The van der Waals surface area contributed by atoms with E-state index in [2.05, 4.69) is 0 Å². The Balaban J connectivity index is 4.62. The highest BCUT2D eigenvalue weighted by molar-refractivity contribution is 7.58. The molecule has 7 nitrogen and oxygen atoms in total. The van der Waals surface area contributed by atoms with Crippen LogP contribution in [-0.2, 0) is 14.2 Å². The number of hydrogen-bond acceptors (Lipinski definition) is 4. The summed E-state index contributed by atoms with van der Waals surface area (Å²) in [6.07, 6.45) is -1.31. The Morgan fingerprint density at radius 2 is 1.87 bits per heavy atom. The lowest BCUT2D eigenvalue weighted by atomic mass is 10.1. The predicted molar refractivity (Wildman–Crippen MR) is 51.7 cm³/mol. The van der Waals surface area contributed by atoms with Gasteiger partial charge in [0.25, 0.3) is 0 Å². The molecule has 88 valence electrons. The Morgan fingerprint density at radius 1 is 1.40 bits per heavy atom. The molecular weight excluding hydrogens is 225 g/mol. The number of hydrogen-bond donors (Lipinski definition) is 4. The van der Waals surface area contributed by atoms with Crippen LogP contribution in [0, 0.1) is 5.92 Å². The molecule has 0 radical (unpaired) electrons. The van der Waals surface area contributed by atoms with Gasteiger partial charge >= 0.3 is 11.9 Å². The first kappa shape index (κ1) is 14.1. The zero-order valence-corrected chi connectivity index (χ0v) is 9.05. The smallest absolute Gasteiger partial charge is 0.307 e. The van der Waals surface area contributed by atoms with E-state index < -0.39 is 43.6 Å². The van der Waals surface area contributed by atoms with E-state index in [-0.39, 0.29) is 0 Å². The Labute approximate surface area is 86.4 Å². The minimum Gasteiger partial charge on any atom is -0.481 e. The highest BCUT2D eigenvalue weighted by Gasteiger charge is 2.33. The van der Waals surface area contributed by atoms with Crippen molar-refractivity contribution in [3.05, 3.63) is 0 Å². The van der Waals surface area contributed by atoms with Gasteiger partial charge in [-0.2, -0.15) is 0 Å². The highest BCUT2D eigenvalue weighted by Crippen LogP contribution is 2.45. The highest BCUT2D eigenvalue weighted by atomic mass is 31.2. The van der Waals surface area contributed by atoms with Crippen LogP contribution in [0.15, 0.2) is 0 Å². The Kier molecular flexibility index (Phi) is 4.93. The van der Waals surface area contributed by atoms with E-state index in [1.807, 2.05) is 0 Å². The Morgan fingerprint density at radius 3 is 2.13 bits per heavy atom. The van der Waals surface area contributed by atoms with Crippen LogP contribution in [0.1, 0.15) is 13.3 Å². The van der Waals surface area contributed by atoms with Crippen LogP contribution in [0.4, 0.5) is 0 Å². The lowest BCUT2D eigenvalue weighted by Crippen LogP contribution is -2.26. The molecular formula is C7H14NO6P. The van der Waals surface area contributed by atoms with E-state index in [0.717, 1.165) is 0 Å². The molecule has 0 aromatic heterocycles. The first-order valence-electron chi connectivity index (χ1n) is 4.18. The van der Waals surface area contributed by atoms with E-state index in [1.165, 1.54) is 6.92 Å². The van der Waals surface area contributed by atoms with Crippen LogP contribution in [0.2, 0.25) is 0 Å². The molecule has 5 N–H and O–H groups in total. The zero-order valence-electron chi connectivity index (χ0n) is 8.16. The summed E-state index contributed by atoms with van der Waals surface area (Å²) in [5, 5.41) is 17.0. The largest absolute Gasteiger partial charge is 0.481 e. The van der Waals surface area contributed by atoms with E-state index in [9.17, 15) is 19.0 Å². The lowest BCUT2D eigenvalue weighted by molar-refractivity contribution is -0.147. The Hall–Kier alpha value is -0.910. The van der Waals surface area contributed by atoms with E-state index in [1.54, 1.807) is 0 Å². The van der Waals surface area contributed by atoms with Crippen molar-refractivity contribution >= 4 is 19.3 Å². The van der Waals surface area contributed by atoms with Gasteiger partial charge in [0.15, 0.2) is 0 Å². The molecule has 0 aliphatic carbocycles. The second-order valence-electron chi connectivity index (χ2n) is 3.31. The lowest BCUT2D eigenvalue weighted by Gasteiger charge is -2.18. The molecule has 0 heterocycles. The summed E-state index contributed by atoms with van der Waals surface area (Å²) >= 11 is 0. The van der Waals surface area contributed by atoms with Gasteiger partial charge in [-0.3, -0.25) is 14.2 Å². The van der Waals surface area contributed by atoms with Crippen LogP contribution in [0.25, 0.3) is 0 Å². The molecule has 0 spiro atoms. The summed E-state index contributed by atoms with van der Waals surface area (Å²) in [6, 6.07) is 0. The fraction of sp³-hybridized carbons (Fsp3) is 0.714. The van der Waals surface area contributed by atoms with Crippen LogP contribution in [0.3, 0.4) is 0 Å². The van der Waals surface area contributed by atoms with Crippen LogP contribution in [0.5, 0.6) is 0 Å². The molecule has 0 saturated carbocycles. The third-order valence-corrected chi connectivity index (χ3v) is 4.13. The minimum atomic E-state index is -3.80. The van der Waals surface area contributed by atoms with Crippen LogP contribution >= 0.6 is 7.37 Å². The molecule has 3 atom stereocenters. The number of rotatable bonds is 6. The SMILES string of the molecule is C[C@H](N)P(=O)(O)C[C@@H](CC(=O)O)C(=O)O. The molecule has 0 rings (SSSR count). The third-order valence-electron chi connectivity index (χ3n) is 1.89. The second kappa shape index (κ2) is 5.25. The zero-order chi connectivity index (χ0) is 12.2. The number of nitrogens with two attached hydrogens (primary N) is 1. The first-order chi connectivity index (χ1) is 6.66. The van der Waals surface area contributed by atoms with Gasteiger partial charge in [0, 0.05) is 6.16 Å². The number of carbonyl (C=O) groups is 2. The maximum Gasteiger partial charge on any atom is 0.307 e. The van der Waals surface area contributed by atoms with Crippen molar-refractivity contribution in [2.75, 3.05) is 6.16 Å². The molecule has 0 aliphatic heterocycles. The molecule has 0 aromatic rings. The summed E-state index contributed by atoms with van der Waals surface area (Å²) < 4.78 is 11.4. The fourth-order valence-corrected chi connectivity index (χ4v) is 2.17. The van der Waals surface area contributed by atoms with Crippen molar-refractivity contribution < 1.29 is 29.3 Å². The van der Waals surface area contributed by atoms with Crippen molar-refractivity contribution in [3.63, 3.8) is 0 Å². The molecule has 15 heavy (non-hydrogen) atoms. The summed E-state index contributed by atoms with van der Waals surface area (Å²) in [4.78, 5) is 30.2. The molecule has 8 heteroatoms. The molecule has 0 bridgehead atoms. The van der Waals surface area contributed by atoms with Gasteiger partial charge in [-0.05, 0) is 6.92 Å². The van der Waals surface area contributed by atoms with Gasteiger partial charge in [0.1, 0.15) is 0 Å². The monoisotopic (exact) mass is 239 g/mol. The molecule has 1 unspecified atom stereocenters. The fourth-order valence-electron chi connectivity index (χ4n) is 0.923. The van der Waals surface area contributed by atoms with Gasteiger partial charge < -0.3 is 20.8 Å². The quantitative estimate of drug-likeness (QED) is 0.468. The van der Waals surface area contributed by atoms with E-state index in [0.29, 0.717) is 0 Å². The van der Waals surface area contributed by atoms with Crippen LogP contribution < -0.4 is 5.73 Å². The van der Waals surface area contributed by atoms with Crippen molar-refractivity contribution in [2.24, 2.45) is 11.7 Å². The molecule has 0 amide bonds. The minimum absolute atomic E-state index is 0.619. The first-order valence-corrected chi connectivity index (χ1v) is 6.10. The second-order valence-corrected chi connectivity index (χ2v) is 6.00. The topological polar surface area (TPSA) is 138 Å². The summed E-state index contributed by atoms with van der Waals surface area (Å²) in [5.41, 5.74) is 5.20. The van der Waals surface area contributed by atoms with Gasteiger partial charge in [-0.15, -0.1) is 0 Å². The normalized spacial score (nSPS) is 18.9. The molecule has 0 fully saturated rings. The predicted octanol–water partition coefficient (Wildman–Crippen LogP) is -0.263. The van der Waals surface area contributed by atoms with Crippen molar-refractivity contribution in [3.8, 4) is 0 Å². The molecule has 0 saturated heterocycles. The summed E-state index contributed by atoms with van der Waals surface area (Å²) in [6.45, 7) is 1.28. The average molecular weight is 239 g/mol. The molecule has 0 aliphatic rings. The van der Waals surface area contributed by atoms with Gasteiger partial charge in [0.2, 0.25) is 7.37 Å². The number of carboxylic acid groups (broad SMARTS) is 2. The standard InChI is InChI=1S/C7H14NO6P/c1-4(8)15(13,14)3-5(7(11)12)2-6(9)10/h4-5H,2-3,8H2,1H3,(H,9,10)(H,11,12)(H,13,14)/t4-,5-/m1/s1. The summed E-state index contributed by atoms with van der Waals surface area (Å²) in [5.74, 6) is -5.18. The van der Waals surface area contributed by atoms with Crippen molar-refractivity contribution in [1.29, 1.82) is 0 Å². The number of aliphatic carboxylic acids is 2. The van der Waals surface area contributed by atoms with Gasteiger partial charge in [-0.25, -0.2) is 0 Å². The Bertz CT molecular complexity index is 302. The third kappa shape index (κ3) is 4.92.